The average Bonchev–Trinajstić information content (AvgIpc) is 3.46. The Morgan fingerprint density at radius 1 is 1.03 bits per heavy atom. The molecule has 2 aromatic heterocycles. The van der Waals surface area contributed by atoms with Crippen molar-refractivity contribution in [2.75, 3.05) is 20.3 Å². The van der Waals surface area contributed by atoms with Gasteiger partial charge in [-0.2, -0.15) is 5.10 Å². The molecule has 9 heteroatoms. The Kier molecular flexibility index (Phi) is 6.52. The Hall–Kier alpha value is -2.78. The van der Waals surface area contributed by atoms with Gasteiger partial charge in [0.15, 0.2) is 11.6 Å². The van der Waals surface area contributed by atoms with Crippen molar-refractivity contribution in [3.05, 3.63) is 57.8 Å². The van der Waals surface area contributed by atoms with E-state index in [0.717, 1.165) is 66.0 Å². The number of carbonyl (C=O) groups excluding carboxylic acids is 1. The quantitative estimate of drug-likeness (QED) is 0.271. The molecule has 2 aliphatic rings. The van der Waals surface area contributed by atoms with Crippen LogP contribution in [0.2, 0.25) is 0 Å². The number of hydrogen-bond donors (Lipinski definition) is 1. The number of nitrogens with zero attached hydrogens (tertiary/aromatic N) is 2. The van der Waals surface area contributed by atoms with Crippen molar-refractivity contribution in [2.24, 2.45) is 5.92 Å². The SMILES string of the molecule is COC(=O)C1CCC(c2c(C3CCOCC3)n(-c3ccc(F)c(F)c3)c3cc4c(Br)n[nH]c4cc23)CC1. The Morgan fingerprint density at radius 3 is 2.49 bits per heavy atom. The first-order valence-electron chi connectivity index (χ1n) is 12.8. The summed E-state index contributed by atoms with van der Waals surface area (Å²) in [7, 11) is 1.45. The first-order chi connectivity index (χ1) is 18.0. The second-order valence-corrected chi connectivity index (χ2v) is 10.9. The Labute approximate surface area is 221 Å². The minimum absolute atomic E-state index is 0.0809. The van der Waals surface area contributed by atoms with E-state index >= 15 is 0 Å². The highest BCUT2D eigenvalue weighted by atomic mass is 79.9. The number of carbonyl (C=O) groups is 1. The summed E-state index contributed by atoms with van der Waals surface area (Å²) in [4.78, 5) is 12.2. The molecule has 1 saturated heterocycles. The number of benzene rings is 2. The van der Waals surface area contributed by atoms with Crippen molar-refractivity contribution in [1.29, 1.82) is 0 Å². The molecular weight excluding hydrogens is 544 g/mol. The molecule has 194 valence electrons. The van der Waals surface area contributed by atoms with Crippen LogP contribution in [0.25, 0.3) is 27.5 Å². The average molecular weight is 572 g/mol. The summed E-state index contributed by atoms with van der Waals surface area (Å²) in [6, 6.07) is 8.32. The fourth-order valence-corrected chi connectivity index (χ4v) is 6.72. The van der Waals surface area contributed by atoms with E-state index in [1.165, 1.54) is 24.8 Å². The predicted octanol–water partition coefficient (Wildman–Crippen LogP) is 6.89. The summed E-state index contributed by atoms with van der Waals surface area (Å²) < 4.78 is 42.0. The molecule has 2 aromatic carbocycles. The van der Waals surface area contributed by atoms with Crippen LogP contribution in [0.5, 0.6) is 0 Å². The number of hydrogen-bond acceptors (Lipinski definition) is 4. The van der Waals surface area contributed by atoms with Crippen LogP contribution in [0.3, 0.4) is 0 Å². The molecule has 0 radical (unpaired) electrons. The van der Waals surface area contributed by atoms with Gasteiger partial charge in [0.1, 0.15) is 4.60 Å². The van der Waals surface area contributed by atoms with Gasteiger partial charge in [-0.05, 0) is 90.2 Å². The third kappa shape index (κ3) is 4.26. The van der Waals surface area contributed by atoms with Crippen LogP contribution in [0.4, 0.5) is 8.78 Å². The van der Waals surface area contributed by atoms with E-state index in [0.29, 0.717) is 23.5 Å². The van der Waals surface area contributed by atoms with Crippen LogP contribution in [0, 0.1) is 17.6 Å². The molecule has 6 nitrogen and oxygen atoms in total. The third-order valence-corrected chi connectivity index (χ3v) is 8.72. The van der Waals surface area contributed by atoms with Gasteiger partial charge >= 0.3 is 5.97 Å². The van der Waals surface area contributed by atoms with Gasteiger partial charge in [-0.15, -0.1) is 0 Å². The molecule has 6 rings (SSSR count). The zero-order valence-electron chi connectivity index (χ0n) is 20.5. The number of rotatable bonds is 4. The number of nitrogens with one attached hydrogen (secondary N) is 1. The number of ether oxygens (including phenoxy) is 2. The van der Waals surface area contributed by atoms with Crippen LogP contribution in [-0.4, -0.2) is 41.1 Å². The highest BCUT2D eigenvalue weighted by Crippen LogP contribution is 2.47. The Morgan fingerprint density at radius 2 is 1.78 bits per heavy atom. The number of esters is 1. The summed E-state index contributed by atoms with van der Waals surface area (Å²) in [5.41, 5.74) is 4.82. The van der Waals surface area contributed by atoms with E-state index in [1.54, 1.807) is 6.07 Å². The van der Waals surface area contributed by atoms with Crippen LogP contribution >= 0.6 is 15.9 Å². The smallest absolute Gasteiger partial charge is 0.308 e. The molecule has 1 aliphatic heterocycles. The van der Waals surface area contributed by atoms with Crippen molar-refractivity contribution in [2.45, 2.75) is 50.4 Å². The minimum atomic E-state index is -0.872. The molecule has 0 bridgehead atoms. The summed E-state index contributed by atoms with van der Waals surface area (Å²) in [5, 5.41) is 9.44. The first kappa shape index (κ1) is 24.6. The maximum atomic E-state index is 14.5. The van der Waals surface area contributed by atoms with Crippen LogP contribution in [0.1, 0.15) is 61.6 Å². The number of H-pyrrole nitrogens is 1. The number of fused-ring (bicyclic) bond motifs is 2. The zero-order chi connectivity index (χ0) is 25.7. The van der Waals surface area contributed by atoms with Crippen molar-refractivity contribution in [3.63, 3.8) is 0 Å². The molecule has 2 fully saturated rings. The molecule has 1 saturated carbocycles. The molecular formula is C28H28BrF2N3O3. The van der Waals surface area contributed by atoms with Crippen molar-refractivity contribution in [1.82, 2.24) is 14.8 Å². The van der Waals surface area contributed by atoms with Gasteiger partial charge in [-0.25, -0.2) is 8.78 Å². The lowest BCUT2D eigenvalue weighted by Crippen LogP contribution is -2.24. The minimum Gasteiger partial charge on any atom is -0.469 e. The predicted molar refractivity (Wildman–Crippen MR) is 140 cm³/mol. The molecule has 3 heterocycles. The van der Waals surface area contributed by atoms with Gasteiger partial charge < -0.3 is 14.0 Å². The summed E-state index contributed by atoms with van der Waals surface area (Å²) in [6.45, 7) is 1.32. The van der Waals surface area contributed by atoms with Gasteiger partial charge in [0.2, 0.25) is 0 Å². The van der Waals surface area contributed by atoms with Gasteiger partial charge in [0, 0.05) is 47.4 Å². The second kappa shape index (κ2) is 9.83. The zero-order valence-corrected chi connectivity index (χ0v) is 22.1. The van der Waals surface area contributed by atoms with E-state index in [1.807, 2.05) is 0 Å². The Bertz CT molecular complexity index is 1480. The molecule has 0 spiro atoms. The molecule has 0 unspecified atom stereocenters. The van der Waals surface area contributed by atoms with Crippen molar-refractivity contribution >= 4 is 43.7 Å². The number of methoxy groups -OCH3 is 1. The molecule has 4 aromatic rings. The maximum absolute atomic E-state index is 14.5. The highest BCUT2D eigenvalue weighted by molar-refractivity contribution is 9.10. The van der Waals surface area contributed by atoms with E-state index in [4.69, 9.17) is 9.47 Å². The fourth-order valence-electron chi connectivity index (χ4n) is 6.30. The van der Waals surface area contributed by atoms with Gasteiger partial charge in [0.05, 0.1) is 24.1 Å². The van der Waals surface area contributed by atoms with Crippen LogP contribution in [0.15, 0.2) is 34.9 Å². The number of aromatic nitrogens is 3. The normalized spacial score (nSPS) is 21.1. The maximum Gasteiger partial charge on any atom is 0.308 e. The lowest BCUT2D eigenvalue weighted by molar-refractivity contribution is -0.146. The van der Waals surface area contributed by atoms with E-state index in [-0.39, 0.29) is 23.7 Å². The molecule has 1 aliphatic carbocycles. The fraction of sp³-hybridized carbons (Fsp3) is 0.429. The lowest BCUT2D eigenvalue weighted by atomic mass is 9.76. The standard InChI is InChI=1S/C28H28BrF2N3O3/c1-36-28(35)17-4-2-15(3-5-17)25-20-13-23-19(27(29)33-32-23)14-24(20)34(18-6-7-21(30)22(31)12-18)26(25)16-8-10-37-11-9-16/h6-7,12-17H,2-5,8-11H2,1H3,(H,32,33). The van der Waals surface area contributed by atoms with E-state index < -0.39 is 11.6 Å². The second-order valence-electron chi connectivity index (χ2n) is 10.1. The van der Waals surface area contributed by atoms with E-state index in [2.05, 4.69) is 42.8 Å². The summed E-state index contributed by atoms with van der Waals surface area (Å²) in [6.07, 6.45) is 4.96. The van der Waals surface area contributed by atoms with Gasteiger partial charge in [-0.1, -0.05) is 0 Å². The molecule has 0 atom stereocenters. The largest absolute Gasteiger partial charge is 0.469 e. The molecule has 0 amide bonds. The number of aromatic amines is 1. The van der Waals surface area contributed by atoms with Crippen molar-refractivity contribution in [3.8, 4) is 5.69 Å². The molecule has 37 heavy (non-hydrogen) atoms. The highest BCUT2D eigenvalue weighted by Gasteiger charge is 2.35. The van der Waals surface area contributed by atoms with Gasteiger partial charge in [0.25, 0.3) is 0 Å². The van der Waals surface area contributed by atoms with Crippen LogP contribution < -0.4 is 0 Å². The Balaban J connectivity index is 1.60. The molecule has 1 N–H and O–H groups in total. The van der Waals surface area contributed by atoms with Crippen molar-refractivity contribution < 1.29 is 23.0 Å². The van der Waals surface area contributed by atoms with Gasteiger partial charge in [-0.3, -0.25) is 9.89 Å². The third-order valence-electron chi connectivity index (χ3n) is 8.12. The summed E-state index contributed by atoms with van der Waals surface area (Å²) >= 11 is 3.54. The summed E-state index contributed by atoms with van der Waals surface area (Å²) in [5.74, 6) is -1.52. The van der Waals surface area contributed by atoms with Crippen LogP contribution in [-0.2, 0) is 14.3 Å². The van der Waals surface area contributed by atoms with E-state index in [9.17, 15) is 13.6 Å². The lowest BCUT2D eigenvalue weighted by Gasteiger charge is -2.31. The first-order valence-corrected chi connectivity index (χ1v) is 13.6. The topological polar surface area (TPSA) is 69.1 Å². The number of halogens is 3. The monoisotopic (exact) mass is 571 g/mol.